The van der Waals surface area contributed by atoms with Gasteiger partial charge in [-0.1, -0.05) is 6.92 Å². The van der Waals surface area contributed by atoms with Gasteiger partial charge in [0.1, 0.15) is 11.8 Å². The minimum absolute atomic E-state index is 0.421. The molecule has 0 aliphatic carbocycles. The lowest BCUT2D eigenvalue weighted by Crippen LogP contribution is -2.33. The first-order chi connectivity index (χ1) is 6.24. The first-order valence-electron chi connectivity index (χ1n) is 4.11. The van der Waals surface area contributed by atoms with Crippen molar-refractivity contribution >= 4 is 5.97 Å². The molecule has 0 radical (unpaired) electrons. The van der Waals surface area contributed by atoms with Gasteiger partial charge in [-0.05, 0) is 18.6 Å². The number of hydrogen-bond donors (Lipinski definition) is 1. The molecule has 1 atom stereocenters. The molecule has 1 aromatic heterocycles. The number of ether oxygens (including phenoxy) is 1. The summed E-state index contributed by atoms with van der Waals surface area (Å²) in [5, 5.41) is 0. The van der Waals surface area contributed by atoms with Gasteiger partial charge in [0.05, 0.1) is 6.20 Å². The van der Waals surface area contributed by atoms with E-state index in [1.807, 2.05) is 6.92 Å². The van der Waals surface area contributed by atoms with E-state index in [2.05, 4.69) is 4.98 Å². The van der Waals surface area contributed by atoms with Crippen LogP contribution in [0.3, 0.4) is 0 Å². The first kappa shape index (κ1) is 9.67. The highest BCUT2D eigenvalue weighted by molar-refractivity contribution is 5.77. The van der Waals surface area contributed by atoms with Crippen molar-refractivity contribution < 1.29 is 9.53 Å². The number of carbonyl (C=O) groups excluding carboxylic acids is 1. The predicted octanol–water partition coefficient (Wildman–Crippen LogP) is 0.724. The summed E-state index contributed by atoms with van der Waals surface area (Å²) in [4.78, 5) is 15.0. The van der Waals surface area contributed by atoms with E-state index in [4.69, 9.17) is 10.5 Å². The highest BCUT2D eigenvalue weighted by Gasteiger charge is 2.12. The molecule has 0 spiro atoms. The molecule has 1 rings (SSSR count). The van der Waals surface area contributed by atoms with Crippen LogP contribution in [0.25, 0.3) is 0 Å². The molecule has 1 heterocycles. The molecule has 0 fully saturated rings. The second-order valence-corrected chi connectivity index (χ2v) is 2.62. The number of nitrogens with two attached hydrogens (primary N) is 1. The molecule has 0 unspecified atom stereocenters. The third-order valence-electron chi connectivity index (χ3n) is 1.60. The van der Waals surface area contributed by atoms with Crippen molar-refractivity contribution in [1.82, 2.24) is 4.98 Å². The molecule has 13 heavy (non-hydrogen) atoms. The molecule has 1 aromatic rings. The summed E-state index contributed by atoms with van der Waals surface area (Å²) in [6.45, 7) is 1.83. The van der Waals surface area contributed by atoms with Crippen molar-refractivity contribution in [2.45, 2.75) is 19.4 Å². The van der Waals surface area contributed by atoms with Crippen LogP contribution >= 0.6 is 0 Å². The van der Waals surface area contributed by atoms with Crippen LogP contribution in [-0.4, -0.2) is 17.0 Å². The summed E-state index contributed by atoms with van der Waals surface area (Å²) in [7, 11) is 0. The molecule has 4 heteroatoms. The third kappa shape index (κ3) is 2.83. The first-order valence-corrected chi connectivity index (χ1v) is 4.11. The third-order valence-corrected chi connectivity index (χ3v) is 1.60. The molecular formula is C9H12N2O2. The van der Waals surface area contributed by atoms with E-state index in [0.29, 0.717) is 12.2 Å². The maximum absolute atomic E-state index is 11.2. The average Bonchev–Trinajstić information content (AvgIpc) is 2.18. The van der Waals surface area contributed by atoms with Crippen LogP contribution in [0.1, 0.15) is 13.3 Å². The number of nitrogens with zero attached hydrogens (tertiary/aromatic N) is 1. The highest BCUT2D eigenvalue weighted by atomic mass is 16.5. The van der Waals surface area contributed by atoms with Crippen molar-refractivity contribution in [1.29, 1.82) is 0 Å². The lowest BCUT2D eigenvalue weighted by Gasteiger charge is -2.07. The lowest BCUT2D eigenvalue weighted by atomic mass is 10.2. The van der Waals surface area contributed by atoms with Crippen molar-refractivity contribution in [3.63, 3.8) is 0 Å². The molecule has 4 nitrogen and oxygen atoms in total. The zero-order valence-electron chi connectivity index (χ0n) is 7.43. The number of pyridine rings is 1. The van der Waals surface area contributed by atoms with E-state index in [-0.39, 0.29) is 0 Å². The standard InChI is InChI=1S/C9H12N2O2/c1-2-8(10)9(12)13-7-4-3-5-11-6-7/h3-6,8H,2,10H2,1H3/t8-/m1/s1. The second-order valence-electron chi connectivity index (χ2n) is 2.62. The highest BCUT2D eigenvalue weighted by Crippen LogP contribution is 2.07. The van der Waals surface area contributed by atoms with Crippen LogP contribution in [-0.2, 0) is 4.79 Å². The Balaban J connectivity index is 2.55. The molecule has 0 aliphatic heterocycles. The topological polar surface area (TPSA) is 65.2 Å². The van der Waals surface area contributed by atoms with Crippen molar-refractivity contribution in [2.75, 3.05) is 0 Å². The Labute approximate surface area is 76.7 Å². The minimum Gasteiger partial charge on any atom is -0.424 e. The van der Waals surface area contributed by atoms with Gasteiger partial charge in [-0.3, -0.25) is 4.98 Å². The fourth-order valence-corrected chi connectivity index (χ4v) is 0.766. The van der Waals surface area contributed by atoms with E-state index in [0.717, 1.165) is 0 Å². The molecule has 0 saturated carbocycles. The van der Waals surface area contributed by atoms with Crippen LogP contribution in [0.15, 0.2) is 24.5 Å². The van der Waals surface area contributed by atoms with E-state index >= 15 is 0 Å². The Morgan fingerprint density at radius 2 is 2.54 bits per heavy atom. The largest absolute Gasteiger partial charge is 0.424 e. The summed E-state index contributed by atoms with van der Waals surface area (Å²) in [6, 6.07) is 2.80. The van der Waals surface area contributed by atoms with Gasteiger partial charge in [-0.15, -0.1) is 0 Å². The number of aromatic nitrogens is 1. The van der Waals surface area contributed by atoms with Gasteiger partial charge < -0.3 is 10.5 Å². The predicted molar refractivity (Wildman–Crippen MR) is 48.1 cm³/mol. The Hall–Kier alpha value is -1.42. The molecule has 0 bridgehead atoms. The Morgan fingerprint density at radius 3 is 3.08 bits per heavy atom. The Bertz CT molecular complexity index is 274. The second kappa shape index (κ2) is 4.57. The van der Waals surface area contributed by atoms with E-state index < -0.39 is 12.0 Å². The number of esters is 1. The monoisotopic (exact) mass is 180 g/mol. The molecule has 70 valence electrons. The quantitative estimate of drug-likeness (QED) is 0.696. The van der Waals surface area contributed by atoms with Crippen LogP contribution in [0.2, 0.25) is 0 Å². The maximum Gasteiger partial charge on any atom is 0.328 e. The molecule has 2 N–H and O–H groups in total. The molecule has 0 saturated heterocycles. The maximum atomic E-state index is 11.2. The van der Waals surface area contributed by atoms with Crippen LogP contribution in [0.4, 0.5) is 0 Å². The van der Waals surface area contributed by atoms with Gasteiger partial charge in [0, 0.05) is 6.20 Å². The molecule has 0 aliphatic rings. The number of hydrogen-bond acceptors (Lipinski definition) is 4. The summed E-state index contributed by atoms with van der Waals surface area (Å²) in [5.74, 6) is 0.00639. The smallest absolute Gasteiger partial charge is 0.328 e. The number of rotatable bonds is 3. The van der Waals surface area contributed by atoms with E-state index in [1.165, 1.54) is 6.20 Å². The van der Waals surface area contributed by atoms with Crippen LogP contribution in [0, 0.1) is 0 Å². The Kier molecular flexibility index (Phi) is 3.40. The van der Waals surface area contributed by atoms with Gasteiger partial charge in [-0.2, -0.15) is 0 Å². The zero-order chi connectivity index (χ0) is 9.68. The van der Waals surface area contributed by atoms with Crippen LogP contribution in [0.5, 0.6) is 5.75 Å². The molecule has 0 amide bonds. The van der Waals surface area contributed by atoms with E-state index in [1.54, 1.807) is 18.3 Å². The van der Waals surface area contributed by atoms with Crippen molar-refractivity contribution in [3.05, 3.63) is 24.5 Å². The summed E-state index contributed by atoms with van der Waals surface area (Å²) in [6.07, 6.45) is 3.65. The van der Waals surface area contributed by atoms with Crippen molar-refractivity contribution in [2.24, 2.45) is 5.73 Å². The fourth-order valence-electron chi connectivity index (χ4n) is 0.766. The number of carbonyl (C=O) groups is 1. The average molecular weight is 180 g/mol. The van der Waals surface area contributed by atoms with Gasteiger partial charge in [-0.25, -0.2) is 4.79 Å². The summed E-state index contributed by atoms with van der Waals surface area (Å²) in [5.41, 5.74) is 5.47. The lowest BCUT2D eigenvalue weighted by molar-refractivity contribution is -0.135. The van der Waals surface area contributed by atoms with Crippen molar-refractivity contribution in [3.8, 4) is 5.75 Å². The summed E-state index contributed by atoms with van der Waals surface area (Å²) >= 11 is 0. The SMILES string of the molecule is CC[C@@H](N)C(=O)Oc1cccnc1. The Morgan fingerprint density at radius 1 is 1.77 bits per heavy atom. The van der Waals surface area contributed by atoms with Gasteiger partial charge in [0.15, 0.2) is 0 Å². The summed E-state index contributed by atoms with van der Waals surface area (Å²) < 4.78 is 4.94. The zero-order valence-corrected chi connectivity index (χ0v) is 7.43. The minimum atomic E-state index is -0.555. The van der Waals surface area contributed by atoms with E-state index in [9.17, 15) is 4.79 Å². The van der Waals surface area contributed by atoms with Gasteiger partial charge >= 0.3 is 5.97 Å². The van der Waals surface area contributed by atoms with Gasteiger partial charge in [0.2, 0.25) is 0 Å². The fraction of sp³-hybridized carbons (Fsp3) is 0.333. The van der Waals surface area contributed by atoms with Gasteiger partial charge in [0.25, 0.3) is 0 Å². The normalized spacial score (nSPS) is 12.2. The molecule has 0 aromatic carbocycles. The molecular weight excluding hydrogens is 168 g/mol. The van der Waals surface area contributed by atoms with Crippen LogP contribution < -0.4 is 10.5 Å².